The first-order valence-corrected chi connectivity index (χ1v) is 18.7. The first-order chi connectivity index (χ1) is 20.6. The van der Waals surface area contributed by atoms with Gasteiger partial charge in [0.05, 0.1) is 6.10 Å². The van der Waals surface area contributed by atoms with Gasteiger partial charge in [-0.25, -0.2) is 0 Å². The van der Waals surface area contributed by atoms with Crippen molar-refractivity contribution in [2.75, 3.05) is 39.3 Å². The van der Waals surface area contributed by atoms with Crippen LogP contribution in [0.1, 0.15) is 125 Å². The largest absolute Gasteiger partial charge is 0.393 e. The molecule has 0 aromatic rings. The molecule has 0 saturated heterocycles. The van der Waals surface area contributed by atoms with Crippen LogP contribution in [0.5, 0.6) is 0 Å². The van der Waals surface area contributed by atoms with Gasteiger partial charge in [-0.15, -0.1) is 0 Å². The molecule has 0 aromatic heterocycles. The number of carbonyl (C=O) groups excluding carboxylic acids is 1. The lowest BCUT2D eigenvalue weighted by atomic mass is 9.43. The Bertz CT molecular complexity index is 852. The van der Waals surface area contributed by atoms with Crippen LogP contribution < -0.4 is 21.7 Å². The zero-order valence-electron chi connectivity index (χ0n) is 28.8. The fraction of sp³-hybridized carbons (Fsp3) is 0.973. The van der Waals surface area contributed by atoms with Crippen molar-refractivity contribution in [3.8, 4) is 0 Å². The van der Waals surface area contributed by atoms with Gasteiger partial charge in [-0.1, -0.05) is 34.6 Å². The van der Waals surface area contributed by atoms with Crippen LogP contribution in [0.2, 0.25) is 0 Å². The van der Waals surface area contributed by atoms with E-state index in [0.717, 1.165) is 65.0 Å². The molecule has 4 aliphatic rings. The number of unbranched alkanes of at least 4 members (excludes halogenated alkanes) is 1. The van der Waals surface area contributed by atoms with Gasteiger partial charge in [0.2, 0.25) is 0 Å². The van der Waals surface area contributed by atoms with Gasteiger partial charge in [0.25, 0.3) is 0 Å². The summed E-state index contributed by atoms with van der Waals surface area (Å²) < 4.78 is 0. The van der Waals surface area contributed by atoms with Crippen LogP contribution in [-0.2, 0) is 4.79 Å². The van der Waals surface area contributed by atoms with E-state index in [4.69, 9.17) is 5.73 Å². The Labute approximate surface area is 265 Å². The number of aliphatic hydroxyl groups excluding tert-OH is 1. The Morgan fingerprint density at radius 2 is 1.49 bits per heavy atom. The summed E-state index contributed by atoms with van der Waals surface area (Å²) in [5, 5.41) is 22.8. The molecule has 6 N–H and O–H groups in total. The van der Waals surface area contributed by atoms with Crippen LogP contribution in [0.25, 0.3) is 0 Å². The van der Waals surface area contributed by atoms with E-state index in [1.54, 1.807) is 0 Å². The molecule has 43 heavy (non-hydrogen) atoms. The predicted molar refractivity (Wildman–Crippen MR) is 180 cm³/mol. The number of fused-ring (bicyclic) bond motifs is 5. The highest BCUT2D eigenvalue weighted by Crippen LogP contribution is 2.68. The minimum atomic E-state index is -0.136. The minimum absolute atomic E-state index is 0.136. The molecule has 4 saturated carbocycles. The molecule has 4 rings (SSSR count). The summed E-state index contributed by atoms with van der Waals surface area (Å²) in [6.07, 6.45) is 16.4. The van der Waals surface area contributed by atoms with Crippen LogP contribution in [0, 0.1) is 52.3 Å². The van der Waals surface area contributed by atoms with Gasteiger partial charge in [-0.05, 0) is 169 Å². The van der Waals surface area contributed by atoms with Crippen molar-refractivity contribution in [3.05, 3.63) is 0 Å². The molecule has 4 aliphatic carbocycles. The van der Waals surface area contributed by atoms with E-state index in [9.17, 15) is 9.90 Å². The molecule has 250 valence electrons. The number of ketones is 1. The van der Waals surface area contributed by atoms with Crippen LogP contribution >= 0.6 is 0 Å². The molecule has 10 atom stereocenters. The lowest BCUT2D eigenvalue weighted by Gasteiger charge is -2.62. The molecule has 4 fully saturated rings. The average Bonchev–Trinajstić information content (AvgIpc) is 3.34. The Morgan fingerprint density at radius 3 is 2.19 bits per heavy atom. The number of nitrogens with one attached hydrogen (secondary N) is 3. The highest BCUT2D eigenvalue weighted by molar-refractivity contribution is 5.80. The third-order valence-corrected chi connectivity index (χ3v) is 13.4. The van der Waals surface area contributed by atoms with E-state index >= 15 is 0 Å². The fourth-order valence-corrected chi connectivity index (χ4v) is 10.7. The first kappa shape index (κ1) is 35.3. The third kappa shape index (κ3) is 8.44. The standard InChI is InChI=1S/C37H70N4O2/c1-26(2)33(42)13-10-27(3)30-11-12-31-35-32(15-17-37(30,31)5)36(4)16-14-29(24-28(36)25-34(35)43)41-23-9-22-40-20-7-6-19-39-21-8-18-38/h26-32,34-35,39-41,43H,6-25,38H2,1-5H3/t27-,28-,29+,30-,31?,32?,34-,35?,36+,37-/m1/s1. The maximum absolute atomic E-state index is 12.4. The van der Waals surface area contributed by atoms with Crippen molar-refractivity contribution in [3.63, 3.8) is 0 Å². The highest BCUT2D eigenvalue weighted by atomic mass is 16.3. The van der Waals surface area contributed by atoms with Crippen LogP contribution in [-0.4, -0.2) is 62.3 Å². The molecular weight excluding hydrogens is 532 g/mol. The molecule has 0 bridgehead atoms. The van der Waals surface area contributed by atoms with Gasteiger partial charge < -0.3 is 26.8 Å². The summed E-state index contributed by atoms with van der Waals surface area (Å²) in [4.78, 5) is 12.4. The molecule has 0 radical (unpaired) electrons. The second kappa shape index (κ2) is 16.3. The predicted octanol–water partition coefficient (Wildman–Crippen LogP) is 5.91. The molecule has 0 aliphatic heterocycles. The molecule has 0 amide bonds. The number of Topliss-reactive ketones (excluding diaryl/α,β-unsaturated/α-hetero) is 1. The average molecular weight is 603 g/mol. The molecule has 0 aromatic carbocycles. The van der Waals surface area contributed by atoms with Gasteiger partial charge >= 0.3 is 0 Å². The van der Waals surface area contributed by atoms with Crippen LogP contribution in [0.15, 0.2) is 0 Å². The Kier molecular flexibility index (Phi) is 13.4. The molecule has 0 spiro atoms. The number of hydrogen-bond acceptors (Lipinski definition) is 6. The summed E-state index contributed by atoms with van der Waals surface area (Å²) in [5.41, 5.74) is 6.26. The smallest absolute Gasteiger partial charge is 0.135 e. The normalized spacial score (nSPS) is 38.0. The van der Waals surface area contributed by atoms with Gasteiger partial charge in [0.1, 0.15) is 5.78 Å². The van der Waals surface area contributed by atoms with Gasteiger partial charge in [0, 0.05) is 18.4 Å². The highest BCUT2D eigenvalue weighted by Gasteiger charge is 2.62. The minimum Gasteiger partial charge on any atom is -0.393 e. The fourth-order valence-electron chi connectivity index (χ4n) is 10.7. The lowest BCUT2D eigenvalue weighted by Crippen LogP contribution is -2.59. The molecular formula is C37H70N4O2. The number of rotatable bonds is 18. The van der Waals surface area contributed by atoms with Gasteiger partial charge in [-0.3, -0.25) is 4.79 Å². The van der Waals surface area contributed by atoms with E-state index < -0.39 is 0 Å². The number of nitrogens with two attached hydrogens (primary N) is 1. The maximum Gasteiger partial charge on any atom is 0.135 e. The van der Waals surface area contributed by atoms with E-state index in [-0.39, 0.29) is 12.0 Å². The monoisotopic (exact) mass is 603 g/mol. The van der Waals surface area contributed by atoms with Crippen LogP contribution in [0.4, 0.5) is 0 Å². The van der Waals surface area contributed by atoms with Crippen molar-refractivity contribution in [2.24, 2.45) is 58.0 Å². The second-order valence-electron chi connectivity index (χ2n) is 16.3. The maximum atomic E-state index is 12.4. The second-order valence-corrected chi connectivity index (χ2v) is 16.3. The summed E-state index contributed by atoms with van der Waals surface area (Å²) in [7, 11) is 0. The Morgan fingerprint density at radius 1 is 0.837 bits per heavy atom. The summed E-state index contributed by atoms with van der Waals surface area (Å²) in [5.74, 6) is 4.34. The first-order valence-electron chi connectivity index (χ1n) is 18.7. The Hall–Kier alpha value is -0.530. The van der Waals surface area contributed by atoms with Crippen molar-refractivity contribution in [1.29, 1.82) is 0 Å². The zero-order chi connectivity index (χ0) is 31.0. The van der Waals surface area contributed by atoms with Crippen molar-refractivity contribution in [1.82, 2.24) is 16.0 Å². The van der Waals surface area contributed by atoms with Crippen molar-refractivity contribution >= 4 is 5.78 Å². The summed E-state index contributed by atoms with van der Waals surface area (Å²) in [6, 6.07) is 0.612. The summed E-state index contributed by atoms with van der Waals surface area (Å²) >= 11 is 0. The quantitative estimate of drug-likeness (QED) is 0.125. The topological polar surface area (TPSA) is 99.4 Å². The lowest BCUT2D eigenvalue weighted by molar-refractivity contribution is -0.167. The van der Waals surface area contributed by atoms with Crippen LogP contribution in [0.3, 0.4) is 0 Å². The molecule has 0 heterocycles. The third-order valence-electron chi connectivity index (χ3n) is 13.4. The van der Waals surface area contributed by atoms with Gasteiger partial charge in [0.15, 0.2) is 0 Å². The van der Waals surface area contributed by atoms with Crippen molar-refractivity contribution in [2.45, 2.75) is 137 Å². The van der Waals surface area contributed by atoms with E-state index in [1.165, 1.54) is 64.2 Å². The Balaban J connectivity index is 1.20. The number of hydrogen-bond donors (Lipinski definition) is 5. The molecule has 3 unspecified atom stereocenters. The van der Waals surface area contributed by atoms with E-state index in [2.05, 4.69) is 36.7 Å². The SMILES string of the molecule is CC(C)C(=O)CC[C@@H](C)[C@H]1CCC2C3C(CC[C@@]21C)[C@@]1(C)CC[C@H](NCCCNCCCCNCCCN)C[C@@H]1C[C@H]3O. The van der Waals surface area contributed by atoms with Crippen molar-refractivity contribution < 1.29 is 9.90 Å². The number of carbonyl (C=O) groups is 1. The van der Waals surface area contributed by atoms with Gasteiger partial charge in [-0.2, -0.15) is 0 Å². The molecule has 6 nitrogen and oxygen atoms in total. The van der Waals surface area contributed by atoms with E-state index in [0.29, 0.717) is 58.2 Å². The summed E-state index contributed by atoms with van der Waals surface area (Å²) in [6.45, 7) is 17.9. The number of aliphatic hydroxyl groups is 1. The molecule has 6 heteroatoms. The zero-order valence-corrected chi connectivity index (χ0v) is 28.8. The van der Waals surface area contributed by atoms with E-state index in [1.807, 2.05) is 13.8 Å².